The molecule has 98 valence electrons. The zero-order valence-corrected chi connectivity index (χ0v) is 10.9. The van der Waals surface area contributed by atoms with Gasteiger partial charge in [-0.05, 0) is 29.7 Å². The van der Waals surface area contributed by atoms with Crippen LogP contribution in [0.2, 0.25) is 0 Å². The summed E-state index contributed by atoms with van der Waals surface area (Å²) in [5.74, 6) is 0.248. The Morgan fingerprint density at radius 1 is 1.11 bits per heavy atom. The van der Waals surface area contributed by atoms with Gasteiger partial charge in [-0.2, -0.15) is 0 Å². The number of carbonyl (C=O) groups is 1. The zero-order chi connectivity index (χ0) is 13.7. The van der Waals surface area contributed by atoms with E-state index in [1.54, 1.807) is 12.1 Å². The minimum Gasteiger partial charge on any atom is -0.427 e. The third kappa shape index (κ3) is 3.93. The van der Waals surface area contributed by atoms with Crippen LogP contribution in [0.1, 0.15) is 24.1 Å². The van der Waals surface area contributed by atoms with E-state index in [9.17, 15) is 4.79 Å². The molecule has 0 aliphatic heterocycles. The SMILES string of the molecule is CC(=O)Oc1ccc(C[C@H](N)c2ccccc2)cc1. The molecule has 0 aliphatic rings. The molecule has 2 aromatic rings. The van der Waals surface area contributed by atoms with Crippen LogP contribution in [-0.4, -0.2) is 5.97 Å². The summed E-state index contributed by atoms with van der Waals surface area (Å²) in [6.07, 6.45) is 0.754. The number of hydrogen-bond acceptors (Lipinski definition) is 3. The largest absolute Gasteiger partial charge is 0.427 e. The third-order valence-electron chi connectivity index (χ3n) is 2.87. The van der Waals surface area contributed by atoms with Gasteiger partial charge in [0, 0.05) is 13.0 Å². The molecule has 0 saturated carbocycles. The smallest absolute Gasteiger partial charge is 0.308 e. The van der Waals surface area contributed by atoms with Crippen LogP contribution in [-0.2, 0) is 11.2 Å². The van der Waals surface area contributed by atoms with Crippen LogP contribution in [0.15, 0.2) is 54.6 Å². The number of nitrogens with two attached hydrogens (primary N) is 1. The Labute approximate surface area is 113 Å². The van der Waals surface area contributed by atoms with Gasteiger partial charge in [0.05, 0.1) is 0 Å². The van der Waals surface area contributed by atoms with Crippen molar-refractivity contribution in [1.82, 2.24) is 0 Å². The molecule has 0 heterocycles. The zero-order valence-electron chi connectivity index (χ0n) is 10.9. The molecule has 3 nitrogen and oxygen atoms in total. The lowest BCUT2D eigenvalue weighted by atomic mass is 10.00. The average molecular weight is 255 g/mol. The first-order valence-corrected chi connectivity index (χ1v) is 6.23. The Balaban J connectivity index is 2.01. The number of carbonyl (C=O) groups excluding carboxylic acids is 1. The van der Waals surface area contributed by atoms with Crippen molar-refractivity contribution < 1.29 is 9.53 Å². The molecule has 0 bridgehead atoms. The maximum absolute atomic E-state index is 10.8. The molecule has 0 unspecified atom stereocenters. The first kappa shape index (κ1) is 13.3. The summed E-state index contributed by atoms with van der Waals surface area (Å²) in [6.45, 7) is 1.39. The van der Waals surface area contributed by atoms with E-state index in [4.69, 9.17) is 10.5 Å². The topological polar surface area (TPSA) is 52.3 Å². The molecule has 0 saturated heterocycles. The molecule has 1 atom stereocenters. The summed E-state index contributed by atoms with van der Waals surface area (Å²) in [5.41, 5.74) is 8.40. The highest BCUT2D eigenvalue weighted by molar-refractivity contribution is 5.69. The minimum atomic E-state index is -0.311. The maximum Gasteiger partial charge on any atom is 0.308 e. The van der Waals surface area contributed by atoms with Crippen molar-refractivity contribution in [1.29, 1.82) is 0 Å². The Kier molecular flexibility index (Phi) is 4.31. The summed E-state index contributed by atoms with van der Waals surface area (Å²) >= 11 is 0. The lowest BCUT2D eigenvalue weighted by Crippen LogP contribution is -2.13. The lowest BCUT2D eigenvalue weighted by molar-refractivity contribution is -0.131. The first-order chi connectivity index (χ1) is 9.15. The van der Waals surface area contributed by atoms with Crippen LogP contribution in [0.25, 0.3) is 0 Å². The second-order valence-corrected chi connectivity index (χ2v) is 4.46. The van der Waals surface area contributed by atoms with Gasteiger partial charge in [-0.15, -0.1) is 0 Å². The van der Waals surface area contributed by atoms with Crippen molar-refractivity contribution in [2.45, 2.75) is 19.4 Å². The summed E-state index contributed by atoms with van der Waals surface area (Å²) in [6, 6.07) is 17.4. The van der Waals surface area contributed by atoms with Crippen molar-refractivity contribution in [2.75, 3.05) is 0 Å². The molecule has 0 aromatic heterocycles. The van der Waals surface area contributed by atoms with Gasteiger partial charge in [0.25, 0.3) is 0 Å². The van der Waals surface area contributed by atoms with E-state index in [0.29, 0.717) is 5.75 Å². The van der Waals surface area contributed by atoms with E-state index in [0.717, 1.165) is 17.5 Å². The Hall–Kier alpha value is -2.13. The monoisotopic (exact) mass is 255 g/mol. The molecule has 2 aromatic carbocycles. The van der Waals surface area contributed by atoms with E-state index < -0.39 is 0 Å². The van der Waals surface area contributed by atoms with Crippen molar-refractivity contribution in [2.24, 2.45) is 5.73 Å². The Bertz CT molecular complexity index is 534. The number of hydrogen-bond donors (Lipinski definition) is 1. The highest BCUT2D eigenvalue weighted by Crippen LogP contribution is 2.18. The average Bonchev–Trinajstić information content (AvgIpc) is 2.41. The van der Waals surface area contributed by atoms with Gasteiger partial charge < -0.3 is 10.5 Å². The molecule has 0 aliphatic carbocycles. The van der Waals surface area contributed by atoms with Gasteiger partial charge in [-0.1, -0.05) is 42.5 Å². The Morgan fingerprint density at radius 3 is 2.32 bits per heavy atom. The van der Waals surface area contributed by atoms with Crippen molar-refractivity contribution in [3.63, 3.8) is 0 Å². The Morgan fingerprint density at radius 2 is 1.74 bits per heavy atom. The fourth-order valence-electron chi connectivity index (χ4n) is 1.93. The van der Waals surface area contributed by atoms with Crippen molar-refractivity contribution in [3.05, 3.63) is 65.7 Å². The molecular weight excluding hydrogens is 238 g/mol. The van der Waals surface area contributed by atoms with Gasteiger partial charge >= 0.3 is 5.97 Å². The second kappa shape index (κ2) is 6.16. The normalized spacial score (nSPS) is 11.9. The van der Waals surface area contributed by atoms with Gasteiger partial charge in [0.15, 0.2) is 0 Å². The predicted octanol–water partition coefficient (Wildman–Crippen LogP) is 2.85. The van der Waals surface area contributed by atoms with E-state index in [1.807, 2.05) is 42.5 Å². The summed E-state index contributed by atoms with van der Waals surface area (Å²) in [5, 5.41) is 0. The molecular formula is C16H17NO2. The molecule has 3 heteroatoms. The van der Waals surface area contributed by atoms with Crippen LogP contribution in [0.4, 0.5) is 0 Å². The number of ether oxygens (including phenoxy) is 1. The third-order valence-corrected chi connectivity index (χ3v) is 2.87. The highest BCUT2D eigenvalue weighted by atomic mass is 16.5. The summed E-state index contributed by atoms with van der Waals surface area (Å²) in [7, 11) is 0. The van der Waals surface area contributed by atoms with E-state index in [2.05, 4.69) is 0 Å². The van der Waals surface area contributed by atoms with Crippen LogP contribution < -0.4 is 10.5 Å². The van der Waals surface area contributed by atoms with Gasteiger partial charge in [-0.3, -0.25) is 4.79 Å². The van der Waals surface area contributed by atoms with E-state index in [-0.39, 0.29) is 12.0 Å². The van der Waals surface area contributed by atoms with Crippen molar-refractivity contribution in [3.8, 4) is 5.75 Å². The van der Waals surface area contributed by atoms with Gasteiger partial charge in [0.1, 0.15) is 5.75 Å². The summed E-state index contributed by atoms with van der Waals surface area (Å²) in [4.78, 5) is 10.8. The number of benzene rings is 2. The molecule has 19 heavy (non-hydrogen) atoms. The predicted molar refractivity (Wildman–Crippen MR) is 74.8 cm³/mol. The quantitative estimate of drug-likeness (QED) is 0.675. The summed E-state index contributed by atoms with van der Waals surface area (Å²) < 4.78 is 4.99. The highest BCUT2D eigenvalue weighted by Gasteiger charge is 2.07. The van der Waals surface area contributed by atoms with Crippen LogP contribution >= 0.6 is 0 Å². The standard InChI is InChI=1S/C16H17NO2/c1-12(18)19-15-9-7-13(8-10-15)11-16(17)14-5-3-2-4-6-14/h2-10,16H,11,17H2,1H3/t16-/m0/s1. The molecule has 0 fully saturated rings. The van der Waals surface area contributed by atoms with E-state index in [1.165, 1.54) is 6.92 Å². The second-order valence-electron chi connectivity index (χ2n) is 4.46. The maximum atomic E-state index is 10.8. The molecule has 0 spiro atoms. The van der Waals surface area contributed by atoms with Crippen molar-refractivity contribution >= 4 is 5.97 Å². The minimum absolute atomic E-state index is 0.0271. The molecule has 2 rings (SSSR count). The van der Waals surface area contributed by atoms with Crippen LogP contribution in [0, 0.1) is 0 Å². The van der Waals surface area contributed by atoms with Crippen LogP contribution in [0.5, 0.6) is 5.75 Å². The molecule has 2 N–H and O–H groups in total. The lowest BCUT2D eigenvalue weighted by Gasteiger charge is -2.12. The molecule has 0 radical (unpaired) electrons. The number of rotatable bonds is 4. The van der Waals surface area contributed by atoms with Gasteiger partial charge in [-0.25, -0.2) is 0 Å². The fraction of sp³-hybridized carbons (Fsp3) is 0.188. The first-order valence-electron chi connectivity index (χ1n) is 6.23. The fourth-order valence-corrected chi connectivity index (χ4v) is 1.93. The number of esters is 1. The van der Waals surface area contributed by atoms with E-state index >= 15 is 0 Å². The van der Waals surface area contributed by atoms with Crippen LogP contribution in [0.3, 0.4) is 0 Å². The molecule has 0 amide bonds. The van der Waals surface area contributed by atoms with Gasteiger partial charge in [0.2, 0.25) is 0 Å².